The van der Waals surface area contributed by atoms with Crippen LogP contribution in [0.15, 0.2) is 54.6 Å². The Hall–Kier alpha value is -2.82. The van der Waals surface area contributed by atoms with Crippen molar-refractivity contribution in [1.29, 1.82) is 0 Å². The van der Waals surface area contributed by atoms with Gasteiger partial charge in [-0.3, -0.25) is 4.57 Å². The van der Waals surface area contributed by atoms with Crippen molar-refractivity contribution in [1.82, 2.24) is 15.0 Å². The van der Waals surface area contributed by atoms with Crippen molar-refractivity contribution in [2.75, 3.05) is 13.2 Å². The number of benzene rings is 2. The predicted molar refractivity (Wildman–Crippen MR) is 129 cm³/mol. The maximum atomic E-state index is 11.4. The highest BCUT2D eigenvalue weighted by Crippen LogP contribution is 2.35. The van der Waals surface area contributed by atoms with Gasteiger partial charge >= 0.3 is 7.60 Å². The largest absolute Gasteiger partial charge is 0.456 e. The van der Waals surface area contributed by atoms with E-state index in [1.54, 1.807) is 18.2 Å². The summed E-state index contributed by atoms with van der Waals surface area (Å²) in [6.07, 6.45) is -2.35. The van der Waals surface area contributed by atoms with Crippen LogP contribution in [-0.2, 0) is 9.30 Å². The number of aliphatic hydroxyl groups is 2. The fourth-order valence-electron chi connectivity index (χ4n) is 3.89. The molecule has 3 atom stereocenters. The molecule has 10 nitrogen and oxygen atoms in total. The fourth-order valence-corrected chi connectivity index (χ4v) is 4.68. The van der Waals surface area contributed by atoms with E-state index in [9.17, 15) is 24.6 Å². The van der Waals surface area contributed by atoms with Crippen LogP contribution in [-0.4, -0.2) is 66.5 Å². The van der Waals surface area contributed by atoms with Crippen LogP contribution in [0.4, 0.5) is 0 Å². The van der Waals surface area contributed by atoms with Crippen molar-refractivity contribution < 1.29 is 34.0 Å². The zero-order valence-electron chi connectivity index (χ0n) is 18.1. The average molecular weight is 518 g/mol. The summed E-state index contributed by atoms with van der Waals surface area (Å²) in [6.45, 7) is -0.184. The molecule has 4 aromatic rings. The molecule has 3 heterocycles. The summed E-state index contributed by atoms with van der Waals surface area (Å²) >= 11 is 6.48. The van der Waals surface area contributed by atoms with Crippen LogP contribution in [0.1, 0.15) is 0 Å². The van der Waals surface area contributed by atoms with E-state index in [4.69, 9.17) is 21.1 Å². The van der Waals surface area contributed by atoms with Gasteiger partial charge in [0.05, 0.1) is 34.8 Å². The third-order valence-corrected chi connectivity index (χ3v) is 7.04. The quantitative estimate of drug-likeness (QED) is 0.242. The van der Waals surface area contributed by atoms with Gasteiger partial charge in [-0.05, 0) is 29.3 Å². The number of H-pyrrole nitrogens is 1. The van der Waals surface area contributed by atoms with Crippen molar-refractivity contribution in [3.63, 3.8) is 0 Å². The van der Waals surface area contributed by atoms with E-state index in [1.165, 1.54) is 12.1 Å². The Kier molecular flexibility index (Phi) is 6.37. The highest BCUT2D eigenvalue weighted by atomic mass is 35.5. The number of nitrogens with one attached hydrogen (secondary N) is 1. The van der Waals surface area contributed by atoms with E-state index in [-0.39, 0.29) is 24.5 Å². The van der Waals surface area contributed by atoms with Gasteiger partial charge in [0.2, 0.25) is 0 Å². The lowest BCUT2D eigenvalue weighted by atomic mass is 10.0. The molecule has 0 aliphatic carbocycles. The molecule has 1 saturated heterocycles. The van der Waals surface area contributed by atoms with E-state index in [0.29, 0.717) is 21.9 Å². The number of aromatic nitrogens is 3. The molecule has 0 unspecified atom stereocenters. The van der Waals surface area contributed by atoms with E-state index < -0.39 is 25.9 Å². The van der Waals surface area contributed by atoms with Gasteiger partial charge in [0.15, 0.2) is 11.8 Å². The third kappa shape index (κ3) is 4.82. The molecule has 1 fully saturated rings. The van der Waals surface area contributed by atoms with Crippen LogP contribution in [0.5, 0.6) is 6.01 Å². The van der Waals surface area contributed by atoms with Crippen molar-refractivity contribution in [2.24, 2.45) is 0 Å². The predicted octanol–water partition coefficient (Wildman–Crippen LogP) is 2.25. The van der Waals surface area contributed by atoms with Crippen LogP contribution in [0.2, 0.25) is 5.02 Å². The lowest BCUT2D eigenvalue weighted by molar-refractivity contribution is -0.00390. The van der Waals surface area contributed by atoms with Crippen LogP contribution < -0.4 is 10.0 Å². The molecule has 0 bridgehead atoms. The first-order chi connectivity index (χ1) is 16.7. The Morgan fingerprint density at radius 1 is 1.06 bits per heavy atom. The summed E-state index contributed by atoms with van der Waals surface area (Å²) in [6, 6.07) is 15.4. The minimum Gasteiger partial charge on any atom is -0.456 e. The number of hydrogen-bond acceptors (Lipinski definition) is 7. The molecule has 1 aliphatic heterocycles. The molecule has 0 spiro atoms. The van der Waals surface area contributed by atoms with E-state index in [2.05, 4.69) is 15.0 Å². The molecular weight excluding hydrogens is 497 g/mol. The molecule has 35 heavy (non-hydrogen) atoms. The monoisotopic (exact) mass is 517 g/mol. The van der Waals surface area contributed by atoms with Crippen molar-refractivity contribution >= 4 is 35.7 Å². The molecule has 0 amide bonds. The summed E-state index contributed by atoms with van der Waals surface area (Å²) in [5, 5.41) is 19.7. The molecule has 0 radical (unpaired) electrons. The number of imidazole rings is 1. The summed E-state index contributed by atoms with van der Waals surface area (Å²) in [5.41, 5.74) is 3.87. The molecule has 0 saturated carbocycles. The van der Waals surface area contributed by atoms with Gasteiger partial charge in [-0.15, -0.1) is 0 Å². The number of pyridine rings is 1. The molecule has 5 rings (SSSR count). The first-order valence-corrected chi connectivity index (χ1v) is 12.6. The first kappa shape index (κ1) is 23.9. The van der Waals surface area contributed by atoms with Crippen molar-refractivity contribution in [2.45, 2.75) is 18.3 Å². The molecule has 2 aromatic carbocycles. The summed E-state index contributed by atoms with van der Waals surface area (Å²) in [5.74, 6) is 0. The van der Waals surface area contributed by atoms with Crippen molar-refractivity contribution in [3.8, 4) is 28.4 Å². The summed E-state index contributed by atoms with van der Waals surface area (Å²) < 4.78 is 22.4. The molecule has 12 heteroatoms. The lowest BCUT2D eigenvalue weighted by Gasteiger charge is -2.15. The maximum absolute atomic E-state index is 11.4. The zero-order valence-corrected chi connectivity index (χ0v) is 19.7. The second kappa shape index (κ2) is 9.33. The number of aromatic amines is 1. The average Bonchev–Trinajstić information content (AvgIpc) is 3.40. The normalized spacial score (nSPS) is 20.4. The van der Waals surface area contributed by atoms with Gasteiger partial charge in [-0.1, -0.05) is 48.0 Å². The highest BCUT2D eigenvalue weighted by Gasteiger charge is 2.37. The molecular formula is C23H21ClN3O7P. The van der Waals surface area contributed by atoms with Crippen LogP contribution in [0, 0.1) is 0 Å². The molecule has 1 aliphatic rings. The highest BCUT2D eigenvalue weighted by molar-refractivity contribution is 7.60. The number of fused-ring (bicyclic) bond motifs is 1. The van der Waals surface area contributed by atoms with Gasteiger partial charge in [0, 0.05) is 5.56 Å². The topological polar surface area (TPSA) is 158 Å². The van der Waals surface area contributed by atoms with E-state index in [0.717, 1.165) is 16.7 Å². The minimum absolute atomic E-state index is 0.0345. The zero-order chi connectivity index (χ0) is 24.7. The van der Waals surface area contributed by atoms with Gasteiger partial charge < -0.3 is 34.5 Å². The Morgan fingerprint density at radius 3 is 2.29 bits per heavy atom. The molecule has 2 aromatic heterocycles. The smallest absolute Gasteiger partial charge is 0.356 e. The first-order valence-electron chi connectivity index (χ1n) is 10.6. The Bertz CT molecular complexity index is 1410. The van der Waals surface area contributed by atoms with Crippen molar-refractivity contribution in [3.05, 3.63) is 59.6 Å². The van der Waals surface area contributed by atoms with Gasteiger partial charge in [-0.25, -0.2) is 4.98 Å². The lowest BCUT2D eigenvalue weighted by Crippen LogP contribution is -2.36. The van der Waals surface area contributed by atoms with Crippen LogP contribution in [0.25, 0.3) is 33.5 Å². The Morgan fingerprint density at radius 2 is 1.69 bits per heavy atom. The van der Waals surface area contributed by atoms with Crippen LogP contribution >= 0.6 is 19.2 Å². The number of nitrogens with zero attached hydrogens (tertiary/aromatic N) is 2. The maximum Gasteiger partial charge on any atom is 0.356 e. The van der Waals surface area contributed by atoms with Crippen LogP contribution in [0.3, 0.4) is 0 Å². The second-order valence-corrected chi connectivity index (χ2v) is 10.1. The third-order valence-electron chi connectivity index (χ3n) is 5.78. The SMILES string of the molecule is O=P(O)(O)c1ccc(-c2ccc(-c3nc4nc(O[C@@H]5CO[C@@H](CO)[C@@H]5O)[nH]c4cc3Cl)cc2)cc1. The number of hydrogen-bond donors (Lipinski definition) is 5. The number of rotatable bonds is 6. The Balaban J connectivity index is 1.37. The van der Waals surface area contributed by atoms with Gasteiger partial charge in [0.25, 0.3) is 6.01 Å². The number of aliphatic hydroxyl groups excluding tert-OH is 2. The molecule has 182 valence electrons. The standard InChI is InChI=1S/C23H21ClN3O7P/c24-16-9-17-22(27-23(25-17)34-19-11-33-18(10-28)21(19)29)26-20(16)14-3-1-12(2-4-14)13-5-7-15(8-6-13)35(30,31)32/h1-9,18-19,21,28-29H,10-11H2,(H,25,26,27)(H2,30,31,32)/t18-,19+,21-/m0/s1. The Labute approximate surface area is 204 Å². The van der Waals surface area contributed by atoms with Gasteiger partial charge in [-0.2, -0.15) is 4.98 Å². The summed E-state index contributed by atoms with van der Waals surface area (Å²) in [4.78, 5) is 30.4. The number of halogens is 1. The number of ether oxygens (including phenoxy) is 2. The summed E-state index contributed by atoms with van der Waals surface area (Å²) in [7, 11) is -4.29. The van der Waals surface area contributed by atoms with Gasteiger partial charge in [0.1, 0.15) is 12.2 Å². The second-order valence-electron chi connectivity index (χ2n) is 8.10. The van der Waals surface area contributed by atoms with E-state index in [1.807, 2.05) is 24.3 Å². The fraction of sp³-hybridized carbons (Fsp3) is 0.217. The molecule has 5 N–H and O–H groups in total. The minimum atomic E-state index is -4.29. The van der Waals surface area contributed by atoms with E-state index >= 15 is 0 Å².